The molecule has 2 nitrogen and oxygen atoms in total. The normalized spacial score (nSPS) is 20.6. The van der Waals surface area contributed by atoms with Crippen molar-refractivity contribution in [2.75, 3.05) is 0 Å². The van der Waals surface area contributed by atoms with Gasteiger partial charge in [-0.2, -0.15) is 0 Å². The number of nitrogens with zero attached hydrogens (tertiary/aromatic N) is 2. The average Bonchev–Trinajstić information content (AvgIpc) is 2.63. The fourth-order valence-corrected chi connectivity index (χ4v) is 3.05. The van der Waals surface area contributed by atoms with Crippen LogP contribution in [0.3, 0.4) is 0 Å². The highest BCUT2D eigenvalue weighted by Gasteiger charge is 2.17. The van der Waals surface area contributed by atoms with Gasteiger partial charge in [0.25, 0.3) is 0 Å². The van der Waals surface area contributed by atoms with Crippen LogP contribution in [0.1, 0.15) is 38.2 Å². The zero-order chi connectivity index (χ0) is 16.8. The minimum atomic E-state index is -0.259. The molecule has 3 rings (SSSR count). The van der Waals surface area contributed by atoms with E-state index in [1.54, 1.807) is 24.5 Å². The van der Waals surface area contributed by atoms with Crippen molar-refractivity contribution in [2.45, 2.75) is 32.6 Å². The smallest absolute Gasteiger partial charge is 0.159 e. The number of aromatic nitrogens is 2. The molecule has 1 heterocycles. The number of benzene rings is 1. The Morgan fingerprint density at radius 2 is 1.71 bits per heavy atom. The quantitative estimate of drug-likeness (QED) is 0.574. The summed E-state index contributed by atoms with van der Waals surface area (Å²) in [6, 6.07) is 6.19. The Bertz CT molecular complexity index is 743. The van der Waals surface area contributed by atoms with Crippen LogP contribution in [-0.2, 0) is 0 Å². The summed E-state index contributed by atoms with van der Waals surface area (Å²) in [4.78, 5) is 8.67. The Balaban J connectivity index is 1.62. The maximum atomic E-state index is 12.9. The molecule has 0 radical (unpaired) electrons. The van der Waals surface area contributed by atoms with Crippen molar-refractivity contribution in [3.63, 3.8) is 0 Å². The summed E-state index contributed by atoms with van der Waals surface area (Å²) in [5.41, 5.74) is 1.63. The molecule has 0 aliphatic heterocycles. The van der Waals surface area contributed by atoms with Crippen molar-refractivity contribution < 1.29 is 4.39 Å². The van der Waals surface area contributed by atoms with Crippen LogP contribution >= 0.6 is 0 Å². The summed E-state index contributed by atoms with van der Waals surface area (Å²) in [5.74, 6) is 8.09. The molecule has 24 heavy (non-hydrogen) atoms. The van der Waals surface area contributed by atoms with Crippen molar-refractivity contribution >= 4 is 0 Å². The van der Waals surface area contributed by atoms with Gasteiger partial charge in [0.05, 0.1) is 5.56 Å². The highest BCUT2D eigenvalue weighted by molar-refractivity contribution is 5.54. The Kier molecular flexibility index (Phi) is 5.38. The summed E-state index contributed by atoms with van der Waals surface area (Å²) in [6.45, 7) is 2.08. The predicted molar refractivity (Wildman–Crippen MR) is 94.6 cm³/mol. The average molecular weight is 320 g/mol. The highest BCUT2D eigenvalue weighted by atomic mass is 19.1. The van der Waals surface area contributed by atoms with E-state index in [-0.39, 0.29) is 5.82 Å². The van der Waals surface area contributed by atoms with Crippen LogP contribution in [0.25, 0.3) is 11.4 Å². The maximum absolute atomic E-state index is 12.9. The Morgan fingerprint density at radius 3 is 2.33 bits per heavy atom. The lowest BCUT2D eigenvalue weighted by atomic mass is 9.82. The van der Waals surface area contributed by atoms with Crippen molar-refractivity contribution in [1.29, 1.82) is 0 Å². The number of rotatable bonds is 2. The molecule has 0 N–H and O–H groups in total. The summed E-state index contributed by atoms with van der Waals surface area (Å²) in [7, 11) is 0. The predicted octanol–water partition coefficient (Wildman–Crippen LogP) is 5.02. The van der Waals surface area contributed by atoms with Gasteiger partial charge >= 0.3 is 0 Å². The minimum absolute atomic E-state index is 0.259. The zero-order valence-corrected chi connectivity index (χ0v) is 13.9. The number of halogens is 1. The first kappa shape index (κ1) is 16.4. The van der Waals surface area contributed by atoms with Gasteiger partial charge in [-0.15, -0.1) is 0 Å². The van der Waals surface area contributed by atoms with E-state index >= 15 is 0 Å². The van der Waals surface area contributed by atoms with Crippen LogP contribution in [0.2, 0.25) is 0 Å². The lowest BCUT2D eigenvalue weighted by Crippen LogP contribution is -2.11. The second-order valence-corrected chi connectivity index (χ2v) is 6.21. The van der Waals surface area contributed by atoms with Crippen molar-refractivity contribution in [3.05, 3.63) is 60.2 Å². The van der Waals surface area contributed by atoms with Crippen molar-refractivity contribution in [1.82, 2.24) is 9.97 Å². The summed E-state index contributed by atoms with van der Waals surface area (Å²) >= 11 is 0. The zero-order valence-electron chi connectivity index (χ0n) is 13.9. The van der Waals surface area contributed by atoms with Gasteiger partial charge in [0.15, 0.2) is 5.82 Å². The monoisotopic (exact) mass is 320 g/mol. The van der Waals surface area contributed by atoms with Gasteiger partial charge in [-0.1, -0.05) is 24.0 Å². The lowest BCUT2D eigenvalue weighted by Gasteiger charge is -2.22. The summed E-state index contributed by atoms with van der Waals surface area (Å²) < 4.78 is 12.9. The molecule has 122 valence electrons. The molecule has 2 aromatic rings. The molecule has 0 atom stereocenters. The number of hydrogen-bond acceptors (Lipinski definition) is 2. The Hall–Kier alpha value is -2.47. The van der Waals surface area contributed by atoms with Crippen LogP contribution < -0.4 is 0 Å². The first-order valence-corrected chi connectivity index (χ1v) is 8.47. The fraction of sp³-hybridized carbons (Fsp3) is 0.333. The molecule has 1 aromatic carbocycles. The van der Waals surface area contributed by atoms with Gasteiger partial charge in [0.2, 0.25) is 0 Å². The van der Waals surface area contributed by atoms with Gasteiger partial charge in [-0.3, -0.25) is 0 Å². The third-order valence-electron chi connectivity index (χ3n) is 4.41. The van der Waals surface area contributed by atoms with Gasteiger partial charge in [-0.25, -0.2) is 14.4 Å². The van der Waals surface area contributed by atoms with E-state index in [1.807, 2.05) is 0 Å². The van der Waals surface area contributed by atoms with E-state index in [4.69, 9.17) is 0 Å². The van der Waals surface area contributed by atoms with E-state index in [0.29, 0.717) is 11.7 Å². The van der Waals surface area contributed by atoms with Crippen molar-refractivity contribution in [3.8, 4) is 23.2 Å². The standard InChI is InChI=1S/C21H21FN2/c1-2-3-16-4-6-17(7-5-16)8-9-18-14-23-21(24-15-18)19-10-12-20(22)13-11-19/h2-3,10-17H,4-7H2,1H3. The lowest BCUT2D eigenvalue weighted by molar-refractivity contribution is 0.364. The first-order valence-electron chi connectivity index (χ1n) is 8.47. The Morgan fingerprint density at radius 1 is 1.04 bits per heavy atom. The van der Waals surface area contributed by atoms with Crippen LogP contribution in [-0.4, -0.2) is 9.97 Å². The molecule has 0 spiro atoms. The van der Waals surface area contributed by atoms with Gasteiger partial charge in [-0.05, 0) is 62.8 Å². The summed E-state index contributed by atoms with van der Waals surface area (Å²) in [5, 5.41) is 0. The minimum Gasteiger partial charge on any atom is -0.235 e. The second-order valence-electron chi connectivity index (χ2n) is 6.21. The van der Waals surface area contributed by atoms with E-state index < -0.39 is 0 Å². The number of hydrogen-bond donors (Lipinski definition) is 0. The van der Waals surface area contributed by atoms with E-state index in [0.717, 1.165) is 29.9 Å². The van der Waals surface area contributed by atoms with Crippen molar-refractivity contribution in [2.24, 2.45) is 11.8 Å². The second kappa shape index (κ2) is 7.88. The molecule has 1 aliphatic carbocycles. The molecule has 0 amide bonds. The van der Waals surface area contributed by atoms with Crippen LogP contribution in [0, 0.1) is 29.5 Å². The molecule has 1 aromatic heterocycles. The molecule has 0 saturated heterocycles. The fourth-order valence-electron chi connectivity index (χ4n) is 3.05. The molecular weight excluding hydrogens is 299 g/mol. The molecule has 0 unspecified atom stereocenters. The van der Waals surface area contributed by atoms with E-state index in [2.05, 4.69) is 40.9 Å². The first-order chi connectivity index (χ1) is 11.7. The molecule has 1 fully saturated rings. The summed E-state index contributed by atoms with van der Waals surface area (Å²) in [6.07, 6.45) is 12.7. The molecule has 0 bridgehead atoms. The number of allylic oxidation sites excluding steroid dienone is 2. The molecule has 3 heteroatoms. The third kappa shape index (κ3) is 4.29. The SMILES string of the molecule is CC=CC1CCC(C#Cc2cnc(-c3ccc(F)cc3)nc2)CC1. The largest absolute Gasteiger partial charge is 0.235 e. The molecule has 1 aliphatic rings. The van der Waals surface area contributed by atoms with Crippen LogP contribution in [0.15, 0.2) is 48.8 Å². The maximum Gasteiger partial charge on any atom is 0.159 e. The molecule has 1 saturated carbocycles. The van der Waals surface area contributed by atoms with E-state index in [1.165, 1.54) is 25.0 Å². The van der Waals surface area contributed by atoms with Gasteiger partial charge in [0, 0.05) is 23.9 Å². The van der Waals surface area contributed by atoms with Gasteiger partial charge in [0.1, 0.15) is 5.82 Å². The third-order valence-corrected chi connectivity index (χ3v) is 4.41. The highest BCUT2D eigenvalue weighted by Crippen LogP contribution is 2.29. The topological polar surface area (TPSA) is 25.8 Å². The van der Waals surface area contributed by atoms with Crippen LogP contribution in [0.4, 0.5) is 4.39 Å². The van der Waals surface area contributed by atoms with Gasteiger partial charge < -0.3 is 0 Å². The van der Waals surface area contributed by atoms with E-state index in [9.17, 15) is 4.39 Å². The van der Waals surface area contributed by atoms with Crippen LogP contribution in [0.5, 0.6) is 0 Å². The molecular formula is C21H21FN2. The Labute approximate surface area is 142 Å².